The Morgan fingerprint density at radius 2 is 1.71 bits per heavy atom. The maximum atomic E-state index is 13.3. The molecule has 3 aromatic carbocycles. The van der Waals surface area contributed by atoms with Crippen LogP contribution in [0, 0.1) is 10.1 Å². The zero-order valence-electron chi connectivity index (χ0n) is 18.1. The first-order valence-corrected chi connectivity index (χ1v) is 10.8. The van der Waals surface area contributed by atoms with Crippen molar-refractivity contribution in [3.63, 3.8) is 0 Å². The summed E-state index contributed by atoms with van der Waals surface area (Å²) < 4.78 is 1.05. The Bertz CT molecular complexity index is 1490. The molecule has 1 aromatic heterocycles. The van der Waals surface area contributed by atoms with Crippen molar-refractivity contribution in [2.45, 2.75) is 19.0 Å². The lowest BCUT2D eigenvalue weighted by Crippen LogP contribution is -2.33. The maximum absolute atomic E-state index is 13.3. The fourth-order valence-electron chi connectivity index (χ4n) is 4.19. The van der Waals surface area contributed by atoms with E-state index in [4.69, 9.17) is 0 Å². The lowest BCUT2D eigenvalue weighted by molar-refractivity contribution is -0.385. The molecule has 0 N–H and O–H groups in total. The number of carbonyl (C=O) groups excluding carboxylic acids is 1. The third-order valence-electron chi connectivity index (χ3n) is 5.92. The molecule has 0 spiro atoms. The SMILES string of the molecule is O=C(Cn1cc([N+](=O)[O-])ccc1=O)N1N=C(c2ccc3ccccc3c2)CC1c1ccccc1. The van der Waals surface area contributed by atoms with Crippen LogP contribution in [0.25, 0.3) is 10.8 Å². The zero-order chi connectivity index (χ0) is 23.7. The number of amides is 1. The highest BCUT2D eigenvalue weighted by Crippen LogP contribution is 2.33. The normalized spacial score (nSPS) is 15.4. The number of fused-ring (bicyclic) bond motifs is 1. The van der Waals surface area contributed by atoms with Crippen LogP contribution in [-0.4, -0.2) is 26.1 Å². The fraction of sp³-hybridized carbons (Fsp3) is 0.115. The number of rotatable bonds is 5. The Kier molecular flexibility index (Phi) is 5.47. The van der Waals surface area contributed by atoms with E-state index in [9.17, 15) is 19.7 Å². The Balaban J connectivity index is 1.51. The van der Waals surface area contributed by atoms with Crippen LogP contribution in [0.4, 0.5) is 5.69 Å². The number of pyridine rings is 1. The first kappa shape index (κ1) is 21.3. The zero-order valence-corrected chi connectivity index (χ0v) is 18.1. The van der Waals surface area contributed by atoms with Gasteiger partial charge in [0.2, 0.25) is 0 Å². The minimum absolute atomic E-state index is 0.256. The summed E-state index contributed by atoms with van der Waals surface area (Å²) in [6, 6.07) is 25.5. The van der Waals surface area contributed by atoms with Gasteiger partial charge in [0, 0.05) is 18.6 Å². The molecule has 8 heteroatoms. The molecule has 0 radical (unpaired) electrons. The standard InChI is InChI=1S/C26H20N4O4/c31-25-13-12-22(30(33)34)16-28(25)17-26(32)29-24(19-7-2-1-3-8-19)15-23(27-29)21-11-10-18-6-4-5-9-20(18)14-21/h1-14,16,24H,15,17H2. The van der Waals surface area contributed by atoms with Gasteiger partial charge in [-0.2, -0.15) is 5.10 Å². The fourth-order valence-corrected chi connectivity index (χ4v) is 4.19. The molecule has 34 heavy (non-hydrogen) atoms. The van der Waals surface area contributed by atoms with E-state index >= 15 is 0 Å². The molecule has 0 saturated carbocycles. The molecule has 1 amide bonds. The van der Waals surface area contributed by atoms with Crippen molar-refractivity contribution in [2.75, 3.05) is 0 Å². The summed E-state index contributed by atoms with van der Waals surface area (Å²) in [7, 11) is 0. The molecule has 2 heterocycles. The van der Waals surface area contributed by atoms with E-state index in [2.05, 4.69) is 11.2 Å². The van der Waals surface area contributed by atoms with E-state index in [1.54, 1.807) is 0 Å². The minimum atomic E-state index is -0.598. The van der Waals surface area contributed by atoms with E-state index in [1.165, 1.54) is 5.01 Å². The van der Waals surface area contributed by atoms with E-state index < -0.39 is 16.4 Å². The van der Waals surface area contributed by atoms with E-state index in [-0.39, 0.29) is 18.3 Å². The Hall–Kier alpha value is -4.59. The minimum Gasteiger partial charge on any atom is -0.299 e. The molecule has 1 aliphatic rings. The molecule has 1 aliphatic heterocycles. The largest absolute Gasteiger partial charge is 0.299 e. The van der Waals surface area contributed by atoms with Gasteiger partial charge in [-0.25, -0.2) is 5.01 Å². The predicted octanol–water partition coefficient (Wildman–Crippen LogP) is 4.29. The second-order valence-electron chi connectivity index (χ2n) is 8.09. The second kappa shape index (κ2) is 8.74. The number of nitro groups is 1. The van der Waals surface area contributed by atoms with E-state index in [0.717, 1.165) is 50.5 Å². The molecule has 5 rings (SSSR count). The number of aromatic nitrogens is 1. The lowest BCUT2D eigenvalue weighted by atomic mass is 9.97. The Morgan fingerprint density at radius 3 is 2.47 bits per heavy atom. The summed E-state index contributed by atoms with van der Waals surface area (Å²) in [4.78, 5) is 36.1. The molecule has 0 aliphatic carbocycles. The van der Waals surface area contributed by atoms with Crippen LogP contribution < -0.4 is 5.56 Å². The van der Waals surface area contributed by atoms with Gasteiger partial charge >= 0.3 is 0 Å². The first-order valence-electron chi connectivity index (χ1n) is 10.8. The van der Waals surface area contributed by atoms with Crippen LogP contribution in [-0.2, 0) is 11.3 Å². The molecule has 4 aromatic rings. The van der Waals surface area contributed by atoms with Gasteiger partial charge in [0.1, 0.15) is 6.54 Å². The van der Waals surface area contributed by atoms with Gasteiger partial charge in [-0.15, -0.1) is 0 Å². The van der Waals surface area contributed by atoms with E-state index in [0.29, 0.717) is 6.42 Å². The van der Waals surface area contributed by atoms with Crippen LogP contribution in [0.1, 0.15) is 23.6 Å². The van der Waals surface area contributed by atoms with Crippen molar-refractivity contribution in [2.24, 2.45) is 5.10 Å². The molecule has 8 nitrogen and oxygen atoms in total. The van der Waals surface area contributed by atoms with Gasteiger partial charge in [0.25, 0.3) is 17.2 Å². The monoisotopic (exact) mass is 452 g/mol. The van der Waals surface area contributed by atoms with E-state index in [1.807, 2.05) is 66.7 Å². The number of hydrazone groups is 1. The lowest BCUT2D eigenvalue weighted by Gasteiger charge is -2.22. The Labute approximate surface area is 194 Å². The summed E-state index contributed by atoms with van der Waals surface area (Å²) in [5.41, 5.74) is 1.85. The molecular weight excluding hydrogens is 432 g/mol. The van der Waals surface area contributed by atoms with Crippen LogP contribution in [0.15, 0.2) is 101 Å². The first-order chi connectivity index (χ1) is 16.5. The maximum Gasteiger partial charge on any atom is 0.285 e. The van der Waals surface area contributed by atoms with Gasteiger partial charge in [0.15, 0.2) is 0 Å². The predicted molar refractivity (Wildman–Crippen MR) is 128 cm³/mol. The third-order valence-corrected chi connectivity index (χ3v) is 5.92. The molecule has 1 unspecified atom stereocenters. The summed E-state index contributed by atoms with van der Waals surface area (Å²) >= 11 is 0. The van der Waals surface area contributed by atoms with Gasteiger partial charge < -0.3 is 0 Å². The van der Waals surface area contributed by atoms with Crippen LogP contribution in [0.5, 0.6) is 0 Å². The second-order valence-corrected chi connectivity index (χ2v) is 8.09. The van der Waals surface area contributed by atoms with Crippen LogP contribution in [0.3, 0.4) is 0 Å². The summed E-state index contributed by atoms with van der Waals surface area (Å²) in [6.07, 6.45) is 1.60. The third kappa shape index (κ3) is 4.09. The summed E-state index contributed by atoms with van der Waals surface area (Å²) in [6.45, 7) is -0.349. The number of carbonyl (C=O) groups is 1. The molecule has 168 valence electrons. The average Bonchev–Trinajstić information content (AvgIpc) is 3.31. The number of benzene rings is 3. The van der Waals surface area contributed by atoms with Crippen molar-refractivity contribution < 1.29 is 9.72 Å². The summed E-state index contributed by atoms with van der Waals surface area (Å²) in [5, 5.41) is 19.4. The number of hydrogen-bond acceptors (Lipinski definition) is 5. The molecule has 0 bridgehead atoms. The van der Waals surface area contributed by atoms with Gasteiger partial charge in [-0.05, 0) is 28.0 Å². The molecule has 0 saturated heterocycles. The van der Waals surface area contributed by atoms with Crippen molar-refractivity contribution >= 4 is 28.1 Å². The van der Waals surface area contributed by atoms with Crippen LogP contribution >= 0.6 is 0 Å². The number of nitrogens with zero attached hydrogens (tertiary/aromatic N) is 4. The van der Waals surface area contributed by atoms with Gasteiger partial charge in [0.05, 0.1) is 22.9 Å². The smallest absolute Gasteiger partial charge is 0.285 e. The quantitative estimate of drug-likeness (QED) is 0.333. The highest BCUT2D eigenvalue weighted by Gasteiger charge is 2.33. The number of hydrogen-bond donors (Lipinski definition) is 0. The van der Waals surface area contributed by atoms with Gasteiger partial charge in [-0.1, -0.05) is 66.7 Å². The highest BCUT2D eigenvalue weighted by atomic mass is 16.6. The topological polar surface area (TPSA) is 97.8 Å². The summed E-state index contributed by atoms with van der Waals surface area (Å²) in [5.74, 6) is -0.424. The molecular formula is C26H20N4O4. The highest BCUT2D eigenvalue weighted by molar-refractivity contribution is 6.05. The molecule has 0 fully saturated rings. The average molecular weight is 452 g/mol. The Morgan fingerprint density at radius 1 is 0.971 bits per heavy atom. The van der Waals surface area contributed by atoms with Crippen molar-refractivity contribution in [1.29, 1.82) is 0 Å². The van der Waals surface area contributed by atoms with Crippen molar-refractivity contribution in [1.82, 2.24) is 9.58 Å². The van der Waals surface area contributed by atoms with Crippen LogP contribution in [0.2, 0.25) is 0 Å². The van der Waals surface area contributed by atoms with Crippen molar-refractivity contribution in [3.8, 4) is 0 Å². The molecule has 1 atom stereocenters. The van der Waals surface area contributed by atoms with Crippen molar-refractivity contribution in [3.05, 3.63) is 123 Å². The van der Waals surface area contributed by atoms with Gasteiger partial charge in [-0.3, -0.25) is 24.3 Å².